The number of ether oxygens (including phenoxy) is 1. The normalized spacial score (nSPS) is 16.6. The monoisotopic (exact) mass is 471 g/mol. The van der Waals surface area contributed by atoms with Gasteiger partial charge in [-0.3, -0.25) is 0 Å². The number of halogens is 3. The Morgan fingerprint density at radius 1 is 1.26 bits per heavy atom. The summed E-state index contributed by atoms with van der Waals surface area (Å²) in [6.45, 7) is 13.3. The molecule has 1 aromatic heterocycles. The summed E-state index contributed by atoms with van der Waals surface area (Å²) in [5, 5.41) is 0. The van der Waals surface area contributed by atoms with Gasteiger partial charge in [0.15, 0.2) is 0 Å². The molecule has 34 heavy (non-hydrogen) atoms. The Kier molecular flexibility index (Phi) is 7.93. The summed E-state index contributed by atoms with van der Waals surface area (Å²) in [7, 11) is 1.68. The van der Waals surface area contributed by atoms with E-state index in [-0.39, 0.29) is 12.0 Å². The van der Waals surface area contributed by atoms with Gasteiger partial charge in [-0.05, 0) is 36.6 Å². The Hall–Kier alpha value is -2.98. The number of hydrogen-bond acceptors (Lipinski definition) is 4. The van der Waals surface area contributed by atoms with Gasteiger partial charge in [0.1, 0.15) is 5.82 Å². The van der Waals surface area contributed by atoms with Crippen LogP contribution in [0.25, 0.3) is 11.1 Å². The predicted octanol–water partition coefficient (Wildman–Crippen LogP) is 5.93. The number of anilines is 1. The molecule has 1 fully saturated rings. The highest BCUT2D eigenvalue weighted by molar-refractivity contribution is 5.72. The van der Waals surface area contributed by atoms with Gasteiger partial charge in [0, 0.05) is 50.5 Å². The maximum Gasteiger partial charge on any atom is 0.416 e. The van der Waals surface area contributed by atoms with Gasteiger partial charge in [-0.1, -0.05) is 38.5 Å². The number of piperazine rings is 1. The Morgan fingerprint density at radius 2 is 1.94 bits per heavy atom. The fourth-order valence-corrected chi connectivity index (χ4v) is 4.36. The van der Waals surface area contributed by atoms with Crippen LogP contribution in [0.2, 0.25) is 0 Å². The molecule has 4 nitrogen and oxygen atoms in total. The SMILES string of the molecule is C#Cc1cc(-c2ccc(C(F)(F)F)cc2)c(C(C)C)nc1N1CCN(C(=C)CCOC)C(C)C1. The lowest BCUT2D eigenvalue weighted by atomic mass is 9.95. The van der Waals surface area contributed by atoms with E-state index < -0.39 is 11.7 Å². The third kappa shape index (κ3) is 5.56. The van der Waals surface area contributed by atoms with Crippen LogP contribution in [0, 0.1) is 12.3 Å². The van der Waals surface area contributed by atoms with E-state index in [1.165, 1.54) is 12.1 Å². The lowest BCUT2D eigenvalue weighted by Crippen LogP contribution is -2.51. The molecule has 0 aliphatic carbocycles. The van der Waals surface area contributed by atoms with Gasteiger partial charge in [-0.15, -0.1) is 6.42 Å². The predicted molar refractivity (Wildman–Crippen MR) is 131 cm³/mol. The summed E-state index contributed by atoms with van der Waals surface area (Å²) >= 11 is 0. The highest BCUT2D eigenvalue weighted by atomic mass is 19.4. The van der Waals surface area contributed by atoms with Crippen molar-refractivity contribution in [2.75, 3.05) is 38.3 Å². The Balaban J connectivity index is 1.93. The first-order valence-corrected chi connectivity index (χ1v) is 11.4. The largest absolute Gasteiger partial charge is 0.416 e. The molecule has 1 saturated heterocycles. The molecule has 0 amide bonds. The zero-order chi connectivity index (χ0) is 25.0. The molecule has 1 aromatic carbocycles. The molecule has 7 heteroatoms. The number of aromatic nitrogens is 1. The molecule has 0 bridgehead atoms. The van der Waals surface area contributed by atoms with Crippen molar-refractivity contribution >= 4 is 5.82 Å². The highest BCUT2D eigenvalue weighted by Crippen LogP contribution is 2.36. The van der Waals surface area contributed by atoms with Crippen LogP contribution < -0.4 is 4.90 Å². The summed E-state index contributed by atoms with van der Waals surface area (Å²) in [5.74, 6) is 3.56. The molecule has 1 aliphatic rings. The van der Waals surface area contributed by atoms with Crippen molar-refractivity contribution in [1.82, 2.24) is 9.88 Å². The third-order valence-corrected chi connectivity index (χ3v) is 6.19. The fourth-order valence-electron chi connectivity index (χ4n) is 4.36. The average Bonchev–Trinajstić information content (AvgIpc) is 2.81. The van der Waals surface area contributed by atoms with E-state index in [0.29, 0.717) is 17.7 Å². The number of alkyl halides is 3. The molecule has 0 radical (unpaired) electrons. The molecule has 2 heterocycles. The third-order valence-electron chi connectivity index (χ3n) is 6.19. The summed E-state index contributed by atoms with van der Waals surface area (Å²) in [6, 6.07) is 7.27. The minimum Gasteiger partial charge on any atom is -0.384 e. The van der Waals surface area contributed by atoms with Crippen molar-refractivity contribution in [3.8, 4) is 23.5 Å². The molecular formula is C27H32F3N3O. The van der Waals surface area contributed by atoms with Gasteiger partial charge >= 0.3 is 6.18 Å². The van der Waals surface area contributed by atoms with E-state index in [2.05, 4.69) is 29.2 Å². The second-order valence-electron chi connectivity index (χ2n) is 8.96. The Bertz CT molecular complexity index is 1050. The van der Waals surface area contributed by atoms with Gasteiger partial charge in [0.25, 0.3) is 0 Å². The number of benzene rings is 1. The summed E-state index contributed by atoms with van der Waals surface area (Å²) in [5.41, 5.74) is 3.26. The smallest absolute Gasteiger partial charge is 0.384 e. The van der Waals surface area contributed by atoms with Crippen LogP contribution in [-0.4, -0.2) is 49.3 Å². The molecule has 0 saturated carbocycles. The van der Waals surface area contributed by atoms with Crippen molar-refractivity contribution < 1.29 is 17.9 Å². The van der Waals surface area contributed by atoms with Crippen molar-refractivity contribution in [3.63, 3.8) is 0 Å². The van der Waals surface area contributed by atoms with E-state index >= 15 is 0 Å². The first-order valence-electron chi connectivity index (χ1n) is 11.4. The quantitative estimate of drug-likeness (QED) is 0.468. The molecule has 1 aliphatic heterocycles. The molecule has 182 valence electrons. The average molecular weight is 472 g/mol. The number of hydrogen-bond donors (Lipinski definition) is 0. The van der Waals surface area contributed by atoms with Crippen molar-refractivity contribution in [3.05, 3.63) is 59.4 Å². The number of nitrogens with zero attached hydrogens (tertiary/aromatic N) is 3. The topological polar surface area (TPSA) is 28.6 Å². The van der Waals surface area contributed by atoms with Gasteiger partial charge in [-0.25, -0.2) is 4.98 Å². The maximum absolute atomic E-state index is 13.0. The van der Waals surface area contributed by atoms with Crippen LogP contribution in [0.5, 0.6) is 0 Å². The van der Waals surface area contributed by atoms with Crippen LogP contribution in [0.1, 0.15) is 49.9 Å². The second kappa shape index (κ2) is 10.5. The van der Waals surface area contributed by atoms with E-state index in [1.807, 2.05) is 19.9 Å². The first kappa shape index (κ1) is 25.6. The molecule has 2 aromatic rings. The van der Waals surface area contributed by atoms with Gasteiger partial charge in [0.2, 0.25) is 0 Å². The van der Waals surface area contributed by atoms with Crippen LogP contribution in [0.3, 0.4) is 0 Å². The minimum atomic E-state index is -4.38. The molecular weight excluding hydrogens is 439 g/mol. The Morgan fingerprint density at radius 3 is 2.47 bits per heavy atom. The van der Waals surface area contributed by atoms with E-state index in [1.54, 1.807) is 7.11 Å². The van der Waals surface area contributed by atoms with Gasteiger partial charge < -0.3 is 14.5 Å². The van der Waals surface area contributed by atoms with Gasteiger partial charge in [0.05, 0.1) is 23.4 Å². The van der Waals surface area contributed by atoms with E-state index in [9.17, 15) is 13.2 Å². The maximum atomic E-state index is 13.0. The fraction of sp³-hybridized carbons (Fsp3) is 0.444. The van der Waals surface area contributed by atoms with Crippen molar-refractivity contribution in [2.24, 2.45) is 0 Å². The number of terminal acetylenes is 1. The van der Waals surface area contributed by atoms with Crippen molar-refractivity contribution in [1.29, 1.82) is 0 Å². The van der Waals surface area contributed by atoms with Crippen LogP contribution >= 0.6 is 0 Å². The molecule has 0 N–H and O–H groups in total. The summed E-state index contributed by atoms with van der Waals surface area (Å²) < 4.78 is 44.2. The zero-order valence-corrected chi connectivity index (χ0v) is 20.2. The number of rotatable bonds is 7. The zero-order valence-electron chi connectivity index (χ0n) is 20.2. The van der Waals surface area contributed by atoms with Gasteiger partial charge in [-0.2, -0.15) is 13.2 Å². The summed E-state index contributed by atoms with van der Waals surface area (Å²) in [4.78, 5) is 9.46. The molecule has 1 unspecified atom stereocenters. The van der Waals surface area contributed by atoms with E-state index in [4.69, 9.17) is 16.1 Å². The molecule has 1 atom stereocenters. The highest BCUT2D eigenvalue weighted by Gasteiger charge is 2.31. The molecule has 3 rings (SSSR count). The minimum absolute atomic E-state index is 0.0652. The van der Waals surface area contributed by atoms with Crippen LogP contribution in [0.4, 0.5) is 19.0 Å². The van der Waals surface area contributed by atoms with Crippen LogP contribution in [-0.2, 0) is 10.9 Å². The summed E-state index contributed by atoms with van der Waals surface area (Å²) in [6.07, 6.45) is 2.28. The Labute approximate surface area is 200 Å². The number of pyridine rings is 1. The lowest BCUT2D eigenvalue weighted by Gasteiger charge is -2.43. The number of methoxy groups -OCH3 is 1. The van der Waals surface area contributed by atoms with Crippen molar-refractivity contribution in [2.45, 2.75) is 45.3 Å². The first-order chi connectivity index (χ1) is 16.1. The standard InChI is InChI=1S/C27H32F3N3O/c1-7-21-16-24(22-8-10-23(11-9-22)27(28,29)30)25(18(2)3)31-26(21)32-13-14-33(20(5)17-32)19(4)12-15-34-6/h1,8-11,16,18,20H,4,12-15,17H2,2-3,5-6H3. The van der Waals surface area contributed by atoms with Crippen LogP contribution in [0.15, 0.2) is 42.6 Å². The second-order valence-corrected chi connectivity index (χ2v) is 8.96. The molecule has 0 spiro atoms. The lowest BCUT2D eigenvalue weighted by molar-refractivity contribution is -0.137. The van der Waals surface area contributed by atoms with E-state index in [0.717, 1.165) is 61.0 Å².